The molecule has 0 spiro atoms. The van der Waals surface area contributed by atoms with Crippen molar-refractivity contribution >= 4 is 40.2 Å². The van der Waals surface area contributed by atoms with Crippen LogP contribution in [0.1, 0.15) is 84.0 Å². The van der Waals surface area contributed by atoms with E-state index in [-0.39, 0.29) is 18.5 Å². The maximum atomic E-state index is 13.5. The Morgan fingerprint density at radius 2 is 1.84 bits per heavy atom. The number of carboxylic acid groups (broad SMARTS) is 1. The second-order valence-electron chi connectivity index (χ2n) is 8.76. The summed E-state index contributed by atoms with van der Waals surface area (Å²) in [6.45, 7) is 2.96. The Kier molecular flexibility index (Phi) is 10.6. The predicted octanol–water partition coefficient (Wildman–Crippen LogP) is 6.00. The molecule has 3 rings (SSSR count). The van der Waals surface area contributed by atoms with Gasteiger partial charge >= 0.3 is 12.0 Å². The molecule has 2 fully saturated rings. The summed E-state index contributed by atoms with van der Waals surface area (Å²) in [7, 11) is 0. The topological polar surface area (TPSA) is 91.8 Å². The lowest BCUT2D eigenvalue weighted by Gasteiger charge is -2.41. The molecule has 2 saturated carbocycles. The zero-order valence-electron chi connectivity index (χ0n) is 19.1. The maximum Gasteiger partial charge on any atom is 0.324 e. The minimum atomic E-state index is -0.801. The summed E-state index contributed by atoms with van der Waals surface area (Å²) in [6.07, 6.45) is 14.3. The van der Waals surface area contributed by atoms with Crippen LogP contribution in [0.5, 0.6) is 0 Å². The highest BCUT2D eigenvalue weighted by Gasteiger charge is 2.34. The third-order valence-corrected chi connectivity index (χ3v) is 8.42. The fourth-order valence-corrected chi connectivity index (χ4v) is 6.59. The smallest absolute Gasteiger partial charge is 0.324 e. The van der Waals surface area contributed by atoms with Gasteiger partial charge < -0.3 is 14.7 Å². The summed E-state index contributed by atoms with van der Waals surface area (Å²) in [6, 6.07) is 0.509. The van der Waals surface area contributed by atoms with Crippen molar-refractivity contribution in [3.8, 4) is 0 Å². The largest absolute Gasteiger partial charge is 0.481 e. The van der Waals surface area contributed by atoms with Crippen molar-refractivity contribution in [1.82, 2.24) is 9.88 Å². The number of ether oxygens (including phenoxy) is 1. The molecule has 2 N–H and O–H groups in total. The van der Waals surface area contributed by atoms with Gasteiger partial charge in [0.1, 0.15) is 0 Å². The van der Waals surface area contributed by atoms with E-state index in [0.29, 0.717) is 23.0 Å². The predicted molar refractivity (Wildman–Crippen MR) is 130 cm³/mol. The Hall–Kier alpha value is -1.32. The van der Waals surface area contributed by atoms with Crippen molar-refractivity contribution in [2.45, 2.75) is 106 Å². The number of aromatic nitrogens is 1. The minimum absolute atomic E-state index is 0.0359. The van der Waals surface area contributed by atoms with Gasteiger partial charge in [0.25, 0.3) is 0 Å². The number of carboxylic acids is 1. The van der Waals surface area contributed by atoms with E-state index in [2.05, 4.69) is 22.1 Å². The molecule has 2 amide bonds. The number of aliphatic carboxylic acids is 1. The molecule has 0 unspecified atom stereocenters. The van der Waals surface area contributed by atoms with Crippen LogP contribution in [0.2, 0.25) is 0 Å². The standard InChI is InChI=1S/C23H37N3O4S2/c1-2-14-30-19-11-9-18(10-12-19)26(17-7-5-3-4-6-8-17)23(29)25-22-24-16-21(32-22)31-15-13-20(27)28/h16-19H,2-15H2,1H3,(H,27,28)(H,24,25,29)/t18-,19-. The summed E-state index contributed by atoms with van der Waals surface area (Å²) < 4.78 is 6.89. The number of urea groups is 1. The van der Waals surface area contributed by atoms with Crippen LogP contribution < -0.4 is 5.32 Å². The zero-order valence-corrected chi connectivity index (χ0v) is 20.7. The molecular formula is C23H37N3O4S2. The lowest BCUT2D eigenvalue weighted by atomic mass is 9.90. The first-order chi connectivity index (χ1) is 15.6. The number of carbonyl (C=O) groups excluding carboxylic acids is 1. The van der Waals surface area contributed by atoms with E-state index in [0.717, 1.165) is 55.8 Å². The van der Waals surface area contributed by atoms with Crippen LogP contribution in [0, 0.1) is 0 Å². The van der Waals surface area contributed by atoms with Crippen LogP contribution >= 0.6 is 23.1 Å². The Balaban J connectivity index is 1.62. The number of nitrogens with zero attached hydrogens (tertiary/aromatic N) is 2. The third kappa shape index (κ3) is 7.92. The summed E-state index contributed by atoms with van der Waals surface area (Å²) in [4.78, 5) is 30.7. The third-order valence-electron chi connectivity index (χ3n) is 6.31. The van der Waals surface area contributed by atoms with Crippen LogP contribution in [0.3, 0.4) is 0 Å². The SMILES string of the molecule is CCCO[C@H]1CC[C@H](N(C(=O)Nc2ncc(SCCC(=O)O)s2)C2CCCCCC2)CC1. The number of anilines is 1. The average molecular weight is 484 g/mol. The summed E-state index contributed by atoms with van der Waals surface area (Å²) in [5, 5.41) is 12.5. The van der Waals surface area contributed by atoms with Gasteiger partial charge in [0.15, 0.2) is 5.13 Å². The maximum absolute atomic E-state index is 13.5. The molecule has 1 heterocycles. The van der Waals surface area contributed by atoms with E-state index in [1.165, 1.54) is 48.8 Å². The van der Waals surface area contributed by atoms with E-state index < -0.39 is 5.97 Å². The van der Waals surface area contributed by atoms with E-state index in [1.807, 2.05) is 0 Å². The van der Waals surface area contributed by atoms with Gasteiger partial charge in [-0.3, -0.25) is 10.1 Å². The summed E-state index contributed by atoms with van der Waals surface area (Å²) >= 11 is 2.88. The molecule has 2 aliphatic carbocycles. The molecule has 32 heavy (non-hydrogen) atoms. The van der Waals surface area contributed by atoms with E-state index in [4.69, 9.17) is 9.84 Å². The lowest BCUT2D eigenvalue weighted by Crippen LogP contribution is -2.50. The van der Waals surface area contributed by atoms with Crippen LogP contribution in [0.15, 0.2) is 10.4 Å². The summed E-state index contributed by atoms with van der Waals surface area (Å²) in [5.41, 5.74) is 0. The van der Waals surface area contributed by atoms with Crippen LogP contribution in [-0.2, 0) is 9.53 Å². The van der Waals surface area contributed by atoms with Crippen LogP contribution in [0.4, 0.5) is 9.93 Å². The van der Waals surface area contributed by atoms with Gasteiger partial charge in [-0.25, -0.2) is 9.78 Å². The van der Waals surface area contributed by atoms with Gasteiger partial charge in [0.05, 0.1) is 22.9 Å². The number of hydrogen-bond donors (Lipinski definition) is 2. The number of rotatable bonds is 10. The van der Waals surface area contributed by atoms with Gasteiger partial charge in [-0.2, -0.15) is 0 Å². The van der Waals surface area contributed by atoms with E-state index in [9.17, 15) is 9.59 Å². The highest BCUT2D eigenvalue weighted by Crippen LogP contribution is 2.33. The monoisotopic (exact) mass is 483 g/mol. The minimum Gasteiger partial charge on any atom is -0.481 e. The molecule has 9 heteroatoms. The fraction of sp³-hybridized carbons (Fsp3) is 0.783. The molecule has 1 aromatic rings. The van der Waals surface area contributed by atoms with Crippen LogP contribution in [-0.4, -0.2) is 57.5 Å². The molecule has 0 atom stereocenters. The Labute approximate surface area is 199 Å². The van der Waals surface area contributed by atoms with Gasteiger partial charge in [-0.15, -0.1) is 11.8 Å². The van der Waals surface area contributed by atoms with Crippen LogP contribution in [0.25, 0.3) is 0 Å². The first-order valence-electron chi connectivity index (χ1n) is 12.1. The second kappa shape index (κ2) is 13.4. The highest BCUT2D eigenvalue weighted by atomic mass is 32.2. The number of amides is 2. The zero-order chi connectivity index (χ0) is 22.8. The van der Waals surface area contributed by atoms with Gasteiger partial charge in [-0.1, -0.05) is 43.9 Å². The number of thioether (sulfide) groups is 1. The molecule has 2 aliphatic rings. The normalized spacial score (nSPS) is 22.3. The average Bonchev–Trinajstić information content (AvgIpc) is 3.04. The molecule has 1 aromatic heterocycles. The number of carbonyl (C=O) groups is 2. The van der Waals surface area contributed by atoms with Gasteiger partial charge in [0, 0.05) is 24.4 Å². The highest BCUT2D eigenvalue weighted by molar-refractivity contribution is 8.01. The van der Waals surface area contributed by atoms with Gasteiger partial charge in [0.2, 0.25) is 0 Å². The Morgan fingerprint density at radius 3 is 2.50 bits per heavy atom. The molecular weight excluding hydrogens is 446 g/mol. The first-order valence-corrected chi connectivity index (χ1v) is 13.9. The molecule has 0 bridgehead atoms. The van der Waals surface area contributed by atoms with Crippen molar-refractivity contribution in [2.75, 3.05) is 17.7 Å². The van der Waals surface area contributed by atoms with E-state index >= 15 is 0 Å². The number of nitrogens with one attached hydrogen (secondary N) is 1. The van der Waals surface area contributed by atoms with Crippen molar-refractivity contribution in [1.29, 1.82) is 0 Å². The number of hydrogen-bond acceptors (Lipinski definition) is 6. The van der Waals surface area contributed by atoms with Crippen molar-refractivity contribution in [3.63, 3.8) is 0 Å². The van der Waals surface area contributed by atoms with E-state index in [1.54, 1.807) is 6.20 Å². The fourth-order valence-electron chi connectivity index (χ4n) is 4.72. The first kappa shape index (κ1) is 25.3. The molecule has 0 aromatic carbocycles. The van der Waals surface area contributed by atoms with Gasteiger partial charge in [-0.05, 0) is 44.9 Å². The lowest BCUT2D eigenvalue weighted by molar-refractivity contribution is -0.136. The van der Waals surface area contributed by atoms with Crippen molar-refractivity contribution < 1.29 is 19.4 Å². The molecule has 0 radical (unpaired) electrons. The molecule has 0 saturated heterocycles. The number of thiazole rings is 1. The summed E-state index contributed by atoms with van der Waals surface area (Å²) in [5.74, 6) is -0.299. The Morgan fingerprint density at radius 1 is 1.16 bits per heavy atom. The molecule has 0 aliphatic heterocycles. The van der Waals surface area contributed by atoms with Crippen molar-refractivity contribution in [3.05, 3.63) is 6.20 Å². The molecule has 7 nitrogen and oxygen atoms in total. The molecule has 180 valence electrons. The quantitative estimate of drug-likeness (QED) is 0.313. The van der Waals surface area contributed by atoms with Crippen molar-refractivity contribution in [2.24, 2.45) is 0 Å². The second-order valence-corrected chi connectivity index (χ2v) is 11.2. The Bertz CT molecular complexity index is 714.